The van der Waals surface area contributed by atoms with E-state index in [1.54, 1.807) is 0 Å². The number of carbonyl (C=O) groups is 1. The molecule has 1 saturated carbocycles. The van der Waals surface area contributed by atoms with Gasteiger partial charge >= 0.3 is 137 Å². The molecule has 0 heterocycles. The molecule has 0 amide bonds. The first-order valence-corrected chi connectivity index (χ1v) is 17.0. The number of hydrogen-bond acceptors (Lipinski definition) is 1. The summed E-state index contributed by atoms with van der Waals surface area (Å²) in [6.07, 6.45) is 10.3. The number of Topliss-reactive ketones (excluding diaryl/α,β-unsaturated/α-hetero) is 1. The van der Waals surface area contributed by atoms with E-state index in [2.05, 4.69) is 31.8 Å². The average molecular weight is 399 g/mol. The molecule has 0 saturated heterocycles. The second-order valence-corrected chi connectivity index (χ2v) is 20.0. The Balaban J connectivity index is 2.95. The van der Waals surface area contributed by atoms with Crippen LogP contribution in [0.25, 0.3) is 0 Å². The van der Waals surface area contributed by atoms with Crippen molar-refractivity contribution in [3.8, 4) is 0 Å². The zero-order valence-corrected chi connectivity index (χ0v) is 17.7. The fourth-order valence-electron chi connectivity index (χ4n) is 3.63. The number of ketones is 1. The summed E-state index contributed by atoms with van der Waals surface area (Å²) < 4.78 is 7.10. The van der Waals surface area contributed by atoms with Gasteiger partial charge in [-0.25, -0.2) is 0 Å². The van der Waals surface area contributed by atoms with Crippen molar-refractivity contribution in [3.05, 3.63) is 9.67 Å². The van der Waals surface area contributed by atoms with Crippen LogP contribution in [0.2, 0.25) is 13.3 Å². The molecule has 0 bridgehead atoms. The van der Waals surface area contributed by atoms with Gasteiger partial charge in [0.05, 0.1) is 0 Å². The van der Waals surface area contributed by atoms with Gasteiger partial charge in [0.1, 0.15) is 0 Å². The normalized spacial score (nSPS) is 21.4. The summed E-state index contributed by atoms with van der Waals surface area (Å²) >= 11 is -2.24. The van der Waals surface area contributed by atoms with Crippen LogP contribution < -0.4 is 0 Å². The van der Waals surface area contributed by atoms with Crippen molar-refractivity contribution in [2.75, 3.05) is 0 Å². The van der Waals surface area contributed by atoms with Crippen LogP contribution in [0.3, 0.4) is 0 Å². The van der Waals surface area contributed by atoms with Gasteiger partial charge in [-0.3, -0.25) is 0 Å². The third kappa shape index (κ3) is 6.08. The SMILES string of the molecule is CCC[CH2][Sn](/[CH]=C1\CCC(C)C1=O)([CH2]CCC)[CH2]CCC. The van der Waals surface area contributed by atoms with E-state index in [-0.39, 0.29) is 0 Å². The Bertz CT molecular complexity index is 324. The molecular formula is C19H36OSn. The van der Waals surface area contributed by atoms with Gasteiger partial charge in [-0.05, 0) is 0 Å². The summed E-state index contributed by atoms with van der Waals surface area (Å²) in [6.45, 7) is 9.05. The molecule has 0 aliphatic heterocycles. The molecule has 1 rings (SSSR count). The molecule has 0 N–H and O–H groups in total. The van der Waals surface area contributed by atoms with Crippen LogP contribution in [-0.2, 0) is 4.79 Å². The average Bonchev–Trinajstić information content (AvgIpc) is 2.80. The van der Waals surface area contributed by atoms with Crippen molar-refractivity contribution in [2.24, 2.45) is 5.92 Å². The van der Waals surface area contributed by atoms with E-state index in [1.165, 1.54) is 57.4 Å². The van der Waals surface area contributed by atoms with E-state index >= 15 is 0 Å². The summed E-state index contributed by atoms with van der Waals surface area (Å²) in [5.74, 6) is 0.782. The molecule has 2 heteroatoms. The number of hydrogen-bond donors (Lipinski definition) is 0. The van der Waals surface area contributed by atoms with Crippen molar-refractivity contribution >= 4 is 24.2 Å². The minimum absolute atomic E-state index is 0.295. The van der Waals surface area contributed by atoms with Crippen LogP contribution in [0, 0.1) is 5.92 Å². The van der Waals surface area contributed by atoms with Crippen LogP contribution >= 0.6 is 0 Å². The zero-order valence-electron chi connectivity index (χ0n) is 14.8. The van der Waals surface area contributed by atoms with E-state index in [1.807, 2.05) is 0 Å². The molecule has 21 heavy (non-hydrogen) atoms. The maximum atomic E-state index is 12.4. The predicted molar refractivity (Wildman–Crippen MR) is 96.4 cm³/mol. The molecule has 0 radical (unpaired) electrons. The van der Waals surface area contributed by atoms with Crippen molar-refractivity contribution in [1.29, 1.82) is 0 Å². The van der Waals surface area contributed by atoms with E-state index in [0.717, 1.165) is 12.8 Å². The zero-order chi connectivity index (χ0) is 15.7. The van der Waals surface area contributed by atoms with Gasteiger partial charge in [0, 0.05) is 0 Å². The first kappa shape index (κ1) is 19.3. The molecule has 0 aromatic rings. The molecule has 1 atom stereocenters. The van der Waals surface area contributed by atoms with Gasteiger partial charge in [-0.15, -0.1) is 0 Å². The van der Waals surface area contributed by atoms with Crippen LogP contribution in [0.4, 0.5) is 0 Å². The Hall–Kier alpha value is 0.209. The Kier molecular flexibility index (Phi) is 9.24. The van der Waals surface area contributed by atoms with E-state index < -0.39 is 18.4 Å². The number of carbonyl (C=O) groups excluding carboxylic acids is 1. The summed E-state index contributed by atoms with van der Waals surface area (Å²) in [6, 6.07) is 0. The van der Waals surface area contributed by atoms with E-state index in [4.69, 9.17) is 0 Å². The fourth-order valence-corrected chi connectivity index (χ4v) is 19.0. The number of unbranched alkanes of at least 4 members (excludes halogenated alkanes) is 3. The summed E-state index contributed by atoms with van der Waals surface area (Å²) in [4.78, 5) is 12.4. The third-order valence-corrected chi connectivity index (χ3v) is 19.5. The molecule has 1 aliphatic rings. The molecule has 1 aliphatic carbocycles. The Labute approximate surface area is 136 Å². The van der Waals surface area contributed by atoms with Crippen LogP contribution in [0.1, 0.15) is 79.1 Å². The van der Waals surface area contributed by atoms with Gasteiger partial charge in [0.15, 0.2) is 0 Å². The minimum atomic E-state index is -2.24. The Morgan fingerprint density at radius 2 is 1.48 bits per heavy atom. The van der Waals surface area contributed by atoms with Crippen LogP contribution in [-0.4, -0.2) is 24.2 Å². The quantitative estimate of drug-likeness (QED) is 0.311. The first-order chi connectivity index (χ1) is 10.1. The Morgan fingerprint density at radius 1 is 1.00 bits per heavy atom. The fraction of sp³-hybridized carbons (Fsp3) is 0.842. The third-order valence-electron chi connectivity index (χ3n) is 5.18. The van der Waals surface area contributed by atoms with Crippen molar-refractivity contribution in [1.82, 2.24) is 0 Å². The molecule has 0 spiro atoms. The van der Waals surface area contributed by atoms with Gasteiger partial charge in [0.25, 0.3) is 0 Å². The maximum absolute atomic E-state index is 12.4. The van der Waals surface area contributed by atoms with Crippen LogP contribution in [0.15, 0.2) is 9.67 Å². The molecule has 1 nitrogen and oxygen atoms in total. The van der Waals surface area contributed by atoms with Crippen LogP contribution in [0.5, 0.6) is 0 Å². The molecule has 122 valence electrons. The van der Waals surface area contributed by atoms with Gasteiger partial charge < -0.3 is 0 Å². The van der Waals surface area contributed by atoms with Crippen molar-refractivity contribution < 1.29 is 4.79 Å². The van der Waals surface area contributed by atoms with Gasteiger partial charge in [-0.1, -0.05) is 0 Å². The van der Waals surface area contributed by atoms with Gasteiger partial charge in [0.2, 0.25) is 0 Å². The van der Waals surface area contributed by atoms with E-state index in [9.17, 15) is 4.79 Å². The molecule has 0 aromatic heterocycles. The second kappa shape index (κ2) is 10.1. The van der Waals surface area contributed by atoms with E-state index in [0.29, 0.717) is 11.7 Å². The molecule has 1 fully saturated rings. The first-order valence-electron chi connectivity index (χ1n) is 9.34. The molecular weight excluding hydrogens is 363 g/mol. The number of rotatable bonds is 10. The molecule has 0 aromatic carbocycles. The summed E-state index contributed by atoms with van der Waals surface area (Å²) in [5, 5.41) is 0. The standard InChI is InChI=1S/C7H9O.3C4H9.Sn/c1-5-3-4-6(2)7(5)8;3*1-3-4-2;/h1,6H,3-4H2,2H3;3*1,3-4H2,2H3;. The summed E-state index contributed by atoms with van der Waals surface area (Å²) in [5.41, 5.74) is 1.25. The Morgan fingerprint density at radius 3 is 1.81 bits per heavy atom. The van der Waals surface area contributed by atoms with Crippen molar-refractivity contribution in [2.45, 2.75) is 92.4 Å². The summed E-state index contributed by atoms with van der Waals surface area (Å²) in [7, 11) is 0. The van der Waals surface area contributed by atoms with Crippen molar-refractivity contribution in [3.63, 3.8) is 0 Å². The number of allylic oxidation sites excluding steroid dienone is 1. The topological polar surface area (TPSA) is 17.1 Å². The van der Waals surface area contributed by atoms with Gasteiger partial charge in [-0.2, -0.15) is 0 Å². The monoisotopic (exact) mass is 400 g/mol. The second-order valence-electron chi connectivity index (χ2n) is 7.15. The molecule has 1 unspecified atom stereocenters. The predicted octanol–water partition coefficient (Wildman–Crippen LogP) is 6.30.